The van der Waals surface area contributed by atoms with Gasteiger partial charge in [0.25, 0.3) is 0 Å². The van der Waals surface area contributed by atoms with Crippen LogP contribution in [0.5, 0.6) is 0 Å². The lowest BCUT2D eigenvalue weighted by atomic mass is 9.81. The van der Waals surface area contributed by atoms with E-state index in [9.17, 15) is 4.39 Å². The fraction of sp³-hybridized carbons (Fsp3) is 0.333. The van der Waals surface area contributed by atoms with Gasteiger partial charge in [0, 0.05) is 60.3 Å². The summed E-state index contributed by atoms with van der Waals surface area (Å²) < 4.78 is 13.5. The highest BCUT2D eigenvalue weighted by molar-refractivity contribution is 5.93. The first kappa shape index (κ1) is 22.2. The summed E-state index contributed by atoms with van der Waals surface area (Å²) in [6.07, 6.45) is 6.63. The number of H-pyrrole nitrogens is 1. The minimum atomic E-state index is -0.234. The second kappa shape index (κ2) is 9.03. The molecule has 35 heavy (non-hydrogen) atoms. The summed E-state index contributed by atoms with van der Waals surface area (Å²) in [5.41, 5.74) is 13.2. The Morgan fingerprint density at radius 2 is 1.91 bits per heavy atom. The van der Waals surface area contributed by atoms with Crippen molar-refractivity contribution < 1.29 is 4.39 Å². The number of anilines is 1. The normalized spacial score (nSPS) is 24.1. The summed E-state index contributed by atoms with van der Waals surface area (Å²) in [5, 5.41) is 8.19. The van der Waals surface area contributed by atoms with Crippen molar-refractivity contribution in [3.8, 4) is 11.1 Å². The first-order valence-corrected chi connectivity index (χ1v) is 12.2. The number of hydrogen-bond donors (Lipinski definition) is 5. The van der Waals surface area contributed by atoms with Crippen molar-refractivity contribution in [3.05, 3.63) is 78.1 Å². The van der Waals surface area contributed by atoms with E-state index in [1.165, 1.54) is 17.7 Å². The summed E-state index contributed by atoms with van der Waals surface area (Å²) in [6, 6.07) is 14.1. The Balaban J connectivity index is 1.28. The lowest BCUT2D eigenvalue weighted by molar-refractivity contribution is 0.265. The number of aromatic nitrogens is 3. The number of benzene rings is 1. The number of nitrogens with one attached hydrogen (secondary N) is 5. The lowest BCUT2D eigenvalue weighted by Crippen LogP contribution is -2.46. The smallest absolute Gasteiger partial charge is 0.138 e. The second-order valence-electron chi connectivity index (χ2n) is 9.89. The molecule has 7 nitrogen and oxygen atoms in total. The van der Waals surface area contributed by atoms with Crippen LogP contribution in [-0.4, -0.2) is 33.6 Å². The number of halogens is 1. The van der Waals surface area contributed by atoms with Gasteiger partial charge < -0.3 is 15.6 Å². The van der Waals surface area contributed by atoms with E-state index < -0.39 is 0 Å². The summed E-state index contributed by atoms with van der Waals surface area (Å²) in [4.78, 5) is 12.6. The quantitative estimate of drug-likeness (QED) is 0.296. The summed E-state index contributed by atoms with van der Waals surface area (Å²) >= 11 is 0. The Labute approximate surface area is 203 Å². The van der Waals surface area contributed by atoms with E-state index in [0.29, 0.717) is 18.0 Å². The van der Waals surface area contributed by atoms with Crippen LogP contribution in [0.25, 0.3) is 22.2 Å². The average molecular weight is 472 g/mol. The van der Waals surface area contributed by atoms with Crippen LogP contribution in [0.4, 0.5) is 10.1 Å². The molecule has 2 fully saturated rings. The molecule has 4 unspecified atom stereocenters. The summed E-state index contributed by atoms with van der Waals surface area (Å²) in [6.45, 7) is 5.14. The molecule has 5 heterocycles. The molecule has 0 radical (unpaired) electrons. The van der Waals surface area contributed by atoms with Crippen LogP contribution in [0.1, 0.15) is 43.6 Å². The SMILES string of the molecule is CC(C)Nc1cncc(C2CC3C(CN2)NNC3c2cc3c(-c4ccc(F)cc4)ccnc3[nH]2)c1. The van der Waals surface area contributed by atoms with Crippen molar-refractivity contribution >= 4 is 16.7 Å². The molecular formula is C27H30FN7. The Morgan fingerprint density at radius 1 is 1.06 bits per heavy atom. The highest BCUT2D eigenvalue weighted by Gasteiger charge is 2.42. The Bertz CT molecular complexity index is 1330. The largest absolute Gasteiger partial charge is 0.382 e. The molecule has 0 bridgehead atoms. The third-order valence-electron chi connectivity index (χ3n) is 7.12. The van der Waals surface area contributed by atoms with Gasteiger partial charge in [0.2, 0.25) is 0 Å². The molecule has 0 aliphatic carbocycles. The topological polar surface area (TPSA) is 89.7 Å². The number of hydrazine groups is 1. The predicted molar refractivity (Wildman–Crippen MR) is 136 cm³/mol. The van der Waals surface area contributed by atoms with Crippen molar-refractivity contribution in [2.24, 2.45) is 5.92 Å². The van der Waals surface area contributed by atoms with Gasteiger partial charge in [-0.2, -0.15) is 0 Å². The van der Waals surface area contributed by atoms with E-state index in [0.717, 1.165) is 46.5 Å². The number of aromatic amines is 1. The van der Waals surface area contributed by atoms with Gasteiger partial charge in [-0.25, -0.2) is 14.8 Å². The molecule has 4 aromatic rings. The van der Waals surface area contributed by atoms with Crippen LogP contribution < -0.4 is 21.5 Å². The highest BCUT2D eigenvalue weighted by Crippen LogP contribution is 2.40. The molecule has 3 aromatic heterocycles. The number of rotatable bonds is 5. The molecule has 8 heteroatoms. The molecule has 2 saturated heterocycles. The van der Waals surface area contributed by atoms with Gasteiger partial charge in [-0.15, -0.1) is 0 Å². The maximum Gasteiger partial charge on any atom is 0.138 e. The number of nitrogens with zero attached hydrogens (tertiary/aromatic N) is 2. The Kier molecular flexibility index (Phi) is 5.72. The van der Waals surface area contributed by atoms with Crippen LogP contribution in [0.15, 0.2) is 61.1 Å². The minimum Gasteiger partial charge on any atom is -0.382 e. The third-order valence-corrected chi connectivity index (χ3v) is 7.12. The predicted octanol–water partition coefficient (Wildman–Crippen LogP) is 4.45. The zero-order valence-electron chi connectivity index (χ0n) is 19.8. The van der Waals surface area contributed by atoms with E-state index >= 15 is 0 Å². The number of fused-ring (bicyclic) bond motifs is 2. The van der Waals surface area contributed by atoms with Crippen molar-refractivity contribution in [2.75, 3.05) is 11.9 Å². The zero-order valence-corrected chi connectivity index (χ0v) is 19.8. The zero-order chi connectivity index (χ0) is 23.9. The van der Waals surface area contributed by atoms with Gasteiger partial charge in [0.05, 0.1) is 11.7 Å². The van der Waals surface area contributed by atoms with Crippen molar-refractivity contribution in [3.63, 3.8) is 0 Å². The van der Waals surface area contributed by atoms with E-state index in [1.807, 2.05) is 30.6 Å². The monoisotopic (exact) mass is 471 g/mol. The molecule has 0 spiro atoms. The molecule has 4 atom stereocenters. The first-order chi connectivity index (χ1) is 17.0. The minimum absolute atomic E-state index is 0.129. The Hall–Kier alpha value is -3.33. The fourth-order valence-corrected chi connectivity index (χ4v) is 5.49. The van der Waals surface area contributed by atoms with Gasteiger partial charge in [-0.1, -0.05) is 12.1 Å². The first-order valence-electron chi connectivity index (χ1n) is 12.2. The van der Waals surface area contributed by atoms with E-state index in [1.54, 1.807) is 6.20 Å². The molecule has 1 aromatic carbocycles. The van der Waals surface area contributed by atoms with E-state index in [4.69, 9.17) is 0 Å². The van der Waals surface area contributed by atoms with Gasteiger partial charge in [-0.05, 0) is 67.3 Å². The van der Waals surface area contributed by atoms with Crippen LogP contribution in [0.2, 0.25) is 0 Å². The van der Waals surface area contributed by atoms with Crippen LogP contribution in [-0.2, 0) is 0 Å². The van der Waals surface area contributed by atoms with Crippen molar-refractivity contribution in [1.29, 1.82) is 0 Å². The van der Waals surface area contributed by atoms with Crippen LogP contribution in [0.3, 0.4) is 0 Å². The van der Waals surface area contributed by atoms with Gasteiger partial charge >= 0.3 is 0 Å². The second-order valence-corrected chi connectivity index (χ2v) is 9.89. The molecule has 2 aliphatic heterocycles. The van der Waals surface area contributed by atoms with Crippen molar-refractivity contribution in [1.82, 2.24) is 31.1 Å². The summed E-state index contributed by atoms with van der Waals surface area (Å²) in [5.74, 6) is 0.160. The molecule has 5 N–H and O–H groups in total. The average Bonchev–Trinajstić information content (AvgIpc) is 3.48. The number of piperidine rings is 1. The molecule has 0 amide bonds. The number of pyridine rings is 2. The van der Waals surface area contributed by atoms with Gasteiger partial charge in [0.1, 0.15) is 11.5 Å². The van der Waals surface area contributed by atoms with Gasteiger partial charge in [0.15, 0.2) is 0 Å². The molecule has 2 aliphatic rings. The van der Waals surface area contributed by atoms with E-state index in [2.05, 4.69) is 62.4 Å². The summed E-state index contributed by atoms with van der Waals surface area (Å²) in [7, 11) is 0. The molecule has 180 valence electrons. The lowest BCUT2D eigenvalue weighted by Gasteiger charge is -2.34. The highest BCUT2D eigenvalue weighted by atomic mass is 19.1. The standard InChI is InChI=1S/C27H30FN7/c1-15(2)32-19-9-17(12-29-13-19)23-11-22-25(14-31-23)34-35-26(22)24-10-21-20(7-8-30-27(21)33-24)16-3-5-18(28)6-4-16/h3-10,12-13,15,22-23,25-26,31-32,34-35H,11,14H2,1-2H3,(H,30,33). The number of hydrogen-bond acceptors (Lipinski definition) is 6. The molecule has 6 rings (SSSR count). The van der Waals surface area contributed by atoms with Crippen LogP contribution >= 0.6 is 0 Å². The fourth-order valence-electron chi connectivity index (χ4n) is 5.49. The molecule has 0 saturated carbocycles. The third kappa shape index (κ3) is 4.29. The maximum absolute atomic E-state index is 13.5. The van der Waals surface area contributed by atoms with Crippen LogP contribution in [0, 0.1) is 11.7 Å². The molecular weight excluding hydrogens is 441 g/mol. The maximum atomic E-state index is 13.5. The van der Waals surface area contributed by atoms with Gasteiger partial charge in [-0.3, -0.25) is 10.4 Å². The Morgan fingerprint density at radius 3 is 2.74 bits per heavy atom. The van der Waals surface area contributed by atoms with E-state index in [-0.39, 0.29) is 17.9 Å². The van der Waals surface area contributed by atoms with Crippen molar-refractivity contribution in [2.45, 2.75) is 44.4 Å².